The first-order valence-corrected chi connectivity index (χ1v) is 13.2. The van der Waals surface area contributed by atoms with E-state index >= 15 is 0 Å². The number of Topliss-reactive ketones (excluding diaryl/α,β-unsaturated/α-hetero) is 2. The van der Waals surface area contributed by atoms with Crippen LogP contribution in [0.1, 0.15) is 43.4 Å². The first-order valence-electron chi connectivity index (χ1n) is 12.9. The second-order valence-electron chi connectivity index (χ2n) is 10.2. The minimum atomic E-state index is -1.37. The van der Waals surface area contributed by atoms with Gasteiger partial charge in [-0.15, -0.1) is 0 Å². The smallest absolute Gasteiger partial charge is 0.238 e. The Hall–Kier alpha value is -4.48. The molecule has 1 spiro atoms. The van der Waals surface area contributed by atoms with E-state index in [0.717, 1.165) is 11.1 Å². The Morgan fingerprint density at radius 3 is 2.31 bits per heavy atom. The average Bonchev–Trinajstić information content (AvgIpc) is 3.45. The molecule has 0 aliphatic carbocycles. The van der Waals surface area contributed by atoms with Crippen molar-refractivity contribution in [3.05, 3.63) is 142 Å². The molecule has 190 valence electrons. The second kappa shape index (κ2) is 8.79. The Morgan fingerprint density at radius 1 is 0.795 bits per heavy atom. The maximum Gasteiger partial charge on any atom is 0.238 e. The highest BCUT2D eigenvalue weighted by atomic mass is 35.5. The Labute approximate surface area is 230 Å². The van der Waals surface area contributed by atoms with Gasteiger partial charge in [0.15, 0.2) is 11.6 Å². The molecule has 0 radical (unpaired) electrons. The number of nitrogens with one attached hydrogen (secondary N) is 1. The number of nitrogens with zero attached hydrogens (tertiary/aromatic N) is 1. The van der Waals surface area contributed by atoms with Gasteiger partial charge in [-0.25, -0.2) is 0 Å². The van der Waals surface area contributed by atoms with E-state index in [1.807, 2.05) is 71.8 Å². The van der Waals surface area contributed by atoms with E-state index in [-0.39, 0.29) is 22.5 Å². The van der Waals surface area contributed by atoms with Crippen molar-refractivity contribution < 1.29 is 14.4 Å². The maximum absolute atomic E-state index is 14.7. The number of fused-ring (bicyclic) bond motifs is 6. The summed E-state index contributed by atoms with van der Waals surface area (Å²) < 4.78 is 0. The molecule has 3 aliphatic rings. The summed E-state index contributed by atoms with van der Waals surface area (Å²) in [4.78, 5) is 45.5. The van der Waals surface area contributed by atoms with Gasteiger partial charge in [0, 0.05) is 23.0 Å². The molecule has 0 bridgehead atoms. The van der Waals surface area contributed by atoms with Gasteiger partial charge in [0.05, 0.1) is 17.0 Å². The lowest BCUT2D eigenvalue weighted by atomic mass is 9.62. The molecular formula is C33H23ClN2O3. The molecule has 6 heteroatoms. The molecule has 39 heavy (non-hydrogen) atoms. The van der Waals surface area contributed by atoms with Gasteiger partial charge in [-0.2, -0.15) is 0 Å². The Morgan fingerprint density at radius 2 is 1.49 bits per heavy atom. The topological polar surface area (TPSA) is 66.5 Å². The standard InChI is InChI=1S/C33H23ClN2O3/c34-25-16-8-6-14-23(25)30(38)27-28(29(37)21-11-2-1-3-12-21)36-19-18-20-10-4-5-13-22(20)31(36)33(27)24-15-7-9-17-26(24)35-32(33)39/h1-19,27-28,31H,(H,35,39)/t27-,28-,31+,33+/m0/s1. The summed E-state index contributed by atoms with van der Waals surface area (Å²) >= 11 is 6.57. The van der Waals surface area contributed by atoms with E-state index in [2.05, 4.69) is 5.32 Å². The molecular weight excluding hydrogens is 508 g/mol. The molecule has 1 saturated heterocycles. The molecule has 4 aromatic carbocycles. The SMILES string of the molecule is O=C(c1ccccc1)[C@@H]1[C@@H](C(=O)c2ccccc2Cl)[C@@]2(C(=O)Nc3ccccc32)[C@H]2c3ccccc3C=CN12. The quantitative estimate of drug-likeness (QED) is 0.313. The predicted molar refractivity (Wildman–Crippen MR) is 151 cm³/mol. The molecule has 4 atom stereocenters. The average molecular weight is 531 g/mol. The molecule has 5 nitrogen and oxygen atoms in total. The largest absolute Gasteiger partial charge is 0.358 e. The lowest BCUT2D eigenvalue weighted by Crippen LogP contribution is -2.49. The molecule has 1 N–H and O–H groups in total. The van der Waals surface area contributed by atoms with Gasteiger partial charge in [0.2, 0.25) is 5.91 Å². The molecule has 1 fully saturated rings. The number of carbonyl (C=O) groups excluding carboxylic acids is 3. The summed E-state index contributed by atoms with van der Waals surface area (Å²) in [5, 5.41) is 3.35. The van der Waals surface area contributed by atoms with Crippen LogP contribution >= 0.6 is 11.6 Å². The third-order valence-corrected chi connectivity index (χ3v) is 8.65. The van der Waals surface area contributed by atoms with Crippen LogP contribution in [0.5, 0.6) is 0 Å². The van der Waals surface area contributed by atoms with E-state index in [9.17, 15) is 14.4 Å². The van der Waals surface area contributed by atoms with Crippen molar-refractivity contribution in [3.63, 3.8) is 0 Å². The van der Waals surface area contributed by atoms with Gasteiger partial charge in [-0.1, -0.05) is 96.5 Å². The lowest BCUT2D eigenvalue weighted by Gasteiger charge is -2.38. The van der Waals surface area contributed by atoms with Gasteiger partial charge >= 0.3 is 0 Å². The number of ketones is 2. The van der Waals surface area contributed by atoms with Crippen molar-refractivity contribution in [1.82, 2.24) is 4.90 Å². The molecule has 3 aliphatic heterocycles. The number of carbonyl (C=O) groups is 3. The highest BCUT2D eigenvalue weighted by Crippen LogP contribution is 2.62. The van der Waals surface area contributed by atoms with Gasteiger partial charge in [0.1, 0.15) is 11.5 Å². The fourth-order valence-corrected chi connectivity index (χ4v) is 7.00. The molecule has 0 aromatic heterocycles. The number of anilines is 1. The third kappa shape index (κ3) is 3.23. The molecule has 1 amide bonds. The Bertz CT molecular complexity index is 1700. The summed E-state index contributed by atoms with van der Waals surface area (Å²) in [7, 11) is 0. The van der Waals surface area contributed by atoms with Crippen molar-refractivity contribution >= 4 is 40.8 Å². The molecule has 7 rings (SSSR count). The number of benzene rings is 4. The van der Waals surface area contributed by atoms with Crippen molar-refractivity contribution in [2.45, 2.75) is 17.5 Å². The van der Waals surface area contributed by atoms with Crippen LogP contribution in [0.25, 0.3) is 6.08 Å². The van der Waals surface area contributed by atoms with E-state index < -0.39 is 23.4 Å². The number of halogens is 1. The zero-order valence-electron chi connectivity index (χ0n) is 20.8. The summed E-state index contributed by atoms with van der Waals surface area (Å²) in [6, 6.07) is 29.6. The highest BCUT2D eigenvalue weighted by molar-refractivity contribution is 6.34. The van der Waals surface area contributed by atoms with Crippen LogP contribution in [0.2, 0.25) is 5.02 Å². The summed E-state index contributed by atoms with van der Waals surface area (Å²) in [6.07, 6.45) is 3.82. The fraction of sp³-hybridized carbons (Fsp3) is 0.121. The first-order chi connectivity index (χ1) is 19.0. The van der Waals surface area contributed by atoms with Crippen LogP contribution in [0.3, 0.4) is 0 Å². The predicted octanol–water partition coefficient (Wildman–Crippen LogP) is 6.32. The highest BCUT2D eigenvalue weighted by Gasteiger charge is 2.70. The Balaban J connectivity index is 1.56. The summed E-state index contributed by atoms with van der Waals surface area (Å²) in [5.41, 5.74) is 2.61. The van der Waals surface area contributed by atoms with E-state index in [4.69, 9.17) is 11.6 Å². The normalized spacial score (nSPS) is 24.2. The Kier molecular flexibility index (Phi) is 5.32. The summed E-state index contributed by atoms with van der Waals surface area (Å²) in [5.74, 6) is -1.89. The molecule has 3 heterocycles. The van der Waals surface area contributed by atoms with Gasteiger partial charge < -0.3 is 10.2 Å². The lowest BCUT2D eigenvalue weighted by molar-refractivity contribution is -0.122. The fourth-order valence-electron chi connectivity index (χ4n) is 6.77. The molecule has 0 saturated carbocycles. The van der Waals surface area contributed by atoms with Gasteiger partial charge in [0.25, 0.3) is 0 Å². The van der Waals surface area contributed by atoms with Crippen LogP contribution in [0.4, 0.5) is 5.69 Å². The maximum atomic E-state index is 14.7. The monoisotopic (exact) mass is 530 g/mol. The van der Waals surface area contributed by atoms with Crippen molar-refractivity contribution in [1.29, 1.82) is 0 Å². The van der Waals surface area contributed by atoms with Crippen LogP contribution in [-0.2, 0) is 10.2 Å². The zero-order valence-corrected chi connectivity index (χ0v) is 21.5. The summed E-state index contributed by atoms with van der Waals surface area (Å²) in [6.45, 7) is 0. The third-order valence-electron chi connectivity index (χ3n) is 8.32. The van der Waals surface area contributed by atoms with Crippen molar-refractivity contribution in [2.24, 2.45) is 5.92 Å². The van der Waals surface area contributed by atoms with Gasteiger partial charge in [-0.3, -0.25) is 14.4 Å². The molecule has 0 unspecified atom stereocenters. The van der Waals surface area contributed by atoms with Gasteiger partial charge in [-0.05, 0) is 41.0 Å². The molecule has 4 aromatic rings. The van der Waals surface area contributed by atoms with Crippen LogP contribution in [0.15, 0.2) is 109 Å². The van der Waals surface area contributed by atoms with E-state index in [0.29, 0.717) is 22.4 Å². The number of para-hydroxylation sites is 1. The minimum absolute atomic E-state index is 0.218. The first kappa shape index (κ1) is 23.6. The minimum Gasteiger partial charge on any atom is -0.358 e. The van der Waals surface area contributed by atoms with Crippen LogP contribution in [-0.4, -0.2) is 28.4 Å². The number of hydrogen-bond acceptors (Lipinski definition) is 4. The van der Waals surface area contributed by atoms with Crippen molar-refractivity contribution in [2.75, 3.05) is 5.32 Å². The van der Waals surface area contributed by atoms with E-state index in [1.54, 1.807) is 48.5 Å². The van der Waals surface area contributed by atoms with Crippen molar-refractivity contribution in [3.8, 4) is 0 Å². The second-order valence-corrected chi connectivity index (χ2v) is 10.6. The number of hydrogen-bond donors (Lipinski definition) is 1. The van der Waals surface area contributed by atoms with Crippen LogP contribution in [0, 0.1) is 5.92 Å². The number of amides is 1. The van der Waals surface area contributed by atoms with E-state index in [1.165, 1.54) is 0 Å². The van der Waals surface area contributed by atoms with Crippen LogP contribution < -0.4 is 5.32 Å². The number of rotatable bonds is 4. The zero-order chi connectivity index (χ0) is 26.7.